The van der Waals surface area contributed by atoms with Crippen LogP contribution in [0.4, 0.5) is 10.6 Å². The average Bonchev–Trinajstić information content (AvgIpc) is 2.72. The van der Waals surface area contributed by atoms with Gasteiger partial charge in [0, 0.05) is 56.6 Å². The molecule has 0 spiro atoms. The van der Waals surface area contributed by atoms with E-state index in [0.717, 1.165) is 43.1 Å². The molecule has 0 bridgehead atoms. The third kappa shape index (κ3) is 5.20. The first kappa shape index (κ1) is 19.6. The smallest absolute Gasteiger partial charge is 0.315 e. The van der Waals surface area contributed by atoms with Crippen LogP contribution in [0.15, 0.2) is 42.6 Å². The number of benzene rings is 1. The molecule has 8 heteroatoms. The summed E-state index contributed by atoms with van der Waals surface area (Å²) < 4.78 is 0. The van der Waals surface area contributed by atoms with E-state index in [1.807, 2.05) is 18.2 Å². The van der Waals surface area contributed by atoms with E-state index in [0.29, 0.717) is 18.7 Å². The van der Waals surface area contributed by atoms with E-state index in [9.17, 15) is 9.59 Å². The van der Waals surface area contributed by atoms with E-state index in [-0.39, 0.29) is 6.03 Å². The molecule has 2 aromatic rings. The highest BCUT2D eigenvalue weighted by molar-refractivity contribution is 5.92. The van der Waals surface area contributed by atoms with Crippen molar-refractivity contribution < 1.29 is 9.59 Å². The monoisotopic (exact) mass is 382 g/mol. The van der Waals surface area contributed by atoms with Crippen LogP contribution >= 0.6 is 0 Å². The Morgan fingerprint density at radius 1 is 1.07 bits per heavy atom. The second-order valence-electron chi connectivity index (χ2n) is 6.88. The number of piperazine rings is 1. The van der Waals surface area contributed by atoms with E-state index < -0.39 is 5.91 Å². The molecule has 0 aliphatic carbocycles. The highest BCUT2D eigenvalue weighted by atomic mass is 16.2. The number of urea groups is 1. The topological polar surface area (TPSA) is 104 Å². The summed E-state index contributed by atoms with van der Waals surface area (Å²) in [5.41, 5.74) is 7.50. The number of amides is 3. The molecule has 28 heavy (non-hydrogen) atoms. The van der Waals surface area contributed by atoms with Crippen LogP contribution in [0.5, 0.6) is 0 Å². The number of aromatic nitrogens is 1. The predicted octanol–water partition coefficient (Wildman–Crippen LogP) is 0.932. The number of rotatable bonds is 6. The number of hydrogen-bond acceptors (Lipinski definition) is 5. The number of hydrogen-bond donors (Lipinski definition) is 3. The SMILES string of the molecule is CN1CCN(c2ncccc2CNC(=O)NCc2cccc(C(N)=O)c2)CC1. The summed E-state index contributed by atoms with van der Waals surface area (Å²) in [6.45, 7) is 4.53. The zero-order chi connectivity index (χ0) is 19.9. The van der Waals surface area contributed by atoms with Gasteiger partial charge in [-0.2, -0.15) is 0 Å². The molecule has 3 amide bonds. The number of anilines is 1. The van der Waals surface area contributed by atoms with Crippen molar-refractivity contribution in [1.29, 1.82) is 0 Å². The molecule has 0 atom stereocenters. The maximum atomic E-state index is 12.2. The summed E-state index contributed by atoms with van der Waals surface area (Å²) in [7, 11) is 2.11. The molecule has 1 aromatic carbocycles. The number of nitrogens with one attached hydrogen (secondary N) is 2. The average molecular weight is 382 g/mol. The molecule has 0 saturated carbocycles. The molecule has 4 N–H and O–H groups in total. The number of likely N-dealkylation sites (N-methyl/N-ethyl adjacent to an activating group) is 1. The fourth-order valence-electron chi connectivity index (χ4n) is 3.13. The lowest BCUT2D eigenvalue weighted by Crippen LogP contribution is -2.45. The Hall–Kier alpha value is -3.13. The van der Waals surface area contributed by atoms with Gasteiger partial charge in [-0.15, -0.1) is 0 Å². The lowest BCUT2D eigenvalue weighted by molar-refractivity contribution is 0.1000. The lowest BCUT2D eigenvalue weighted by atomic mass is 10.1. The highest BCUT2D eigenvalue weighted by Gasteiger charge is 2.18. The van der Waals surface area contributed by atoms with Gasteiger partial charge < -0.3 is 26.2 Å². The van der Waals surface area contributed by atoms with Gasteiger partial charge >= 0.3 is 6.03 Å². The predicted molar refractivity (Wildman–Crippen MR) is 108 cm³/mol. The molecular formula is C20H26N6O2. The van der Waals surface area contributed by atoms with E-state index in [1.165, 1.54) is 0 Å². The molecule has 1 aliphatic heterocycles. The summed E-state index contributed by atoms with van der Waals surface area (Å²) in [6, 6.07) is 10.5. The minimum absolute atomic E-state index is 0.280. The van der Waals surface area contributed by atoms with Crippen LogP contribution in [0.25, 0.3) is 0 Å². The van der Waals surface area contributed by atoms with Crippen LogP contribution in [0.2, 0.25) is 0 Å². The normalized spacial score (nSPS) is 14.5. The first-order valence-corrected chi connectivity index (χ1v) is 9.31. The van der Waals surface area contributed by atoms with Gasteiger partial charge in [0.05, 0.1) is 0 Å². The van der Waals surface area contributed by atoms with Crippen LogP contribution in [0.3, 0.4) is 0 Å². The summed E-state index contributed by atoms with van der Waals surface area (Å²) in [4.78, 5) is 32.5. The van der Waals surface area contributed by atoms with Crippen molar-refractivity contribution in [3.8, 4) is 0 Å². The molecule has 1 aliphatic rings. The van der Waals surface area contributed by atoms with Crippen molar-refractivity contribution in [3.05, 3.63) is 59.3 Å². The summed E-state index contributed by atoms with van der Waals surface area (Å²) >= 11 is 0. The van der Waals surface area contributed by atoms with Crippen molar-refractivity contribution >= 4 is 17.8 Å². The number of primary amides is 1. The van der Waals surface area contributed by atoms with Crippen LogP contribution < -0.4 is 21.3 Å². The summed E-state index contributed by atoms with van der Waals surface area (Å²) in [5.74, 6) is 0.435. The molecule has 1 saturated heterocycles. The standard InChI is InChI=1S/C20H26N6O2/c1-25-8-10-26(11-9-25)19-17(6-3-7-22-19)14-24-20(28)23-13-15-4-2-5-16(12-15)18(21)27/h2-7,12H,8-11,13-14H2,1H3,(H2,21,27)(H2,23,24,28). The summed E-state index contributed by atoms with van der Waals surface area (Å²) in [6.07, 6.45) is 1.78. The summed E-state index contributed by atoms with van der Waals surface area (Å²) in [5, 5.41) is 5.67. The van der Waals surface area contributed by atoms with Crippen molar-refractivity contribution in [3.63, 3.8) is 0 Å². The fraction of sp³-hybridized carbons (Fsp3) is 0.350. The maximum Gasteiger partial charge on any atom is 0.315 e. The van der Waals surface area contributed by atoms with Crippen molar-refractivity contribution in [2.45, 2.75) is 13.1 Å². The quantitative estimate of drug-likeness (QED) is 0.690. The van der Waals surface area contributed by atoms with Crippen LogP contribution in [0, 0.1) is 0 Å². The Morgan fingerprint density at radius 2 is 1.82 bits per heavy atom. The van der Waals surface area contributed by atoms with Crippen LogP contribution in [0.1, 0.15) is 21.5 Å². The van der Waals surface area contributed by atoms with Gasteiger partial charge in [-0.05, 0) is 30.8 Å². The number of carbonyl (C=O) groups excluding carboxylic acids is 2. The van der Waals surface area contributed by atoms with Crippen LogP contribution in [-0.4, -0.2) is 55.0 Å². The molecule has 1 fully saturated rings. The number of pyridine rings is 1. The molecule has 8 nitrogen and oxygen atoms in total. The minimum atomic E-state index is -0.487. The second kappa shape index (κ2) is 9.18. The molecule has 148 valence electrons. The van der Waals surface area contributed by atoms with E-state index in [4.69, 9.17) is 5.73 Å². The van der Waals surface area contributed by atoms with E-state index >= 15 is 0 Å². The van der Waals surface area contributed by atoms with Gasteiger partial charge in [0.1, 0.15) is 5.82 Å². The zero-order valence-electron chi connectivity index (χ0n) is 16.0. The van der Waals surface area contributed by atoms with Crippen LogP contribution in [-0.2, 0) is 13.1 Å². The Labute approximate surface area is 164 Å². The van der Waals surface area contributed by atoms with Crippen molar-refractivity contribution in [2.24, 2.45) is 5.73 Å². The third-order valence-electron chi connectivity index (χ3n) is 4.77. The van der Waals surface area contributed by atoms with Gasteiger partial charge in [0.2, 0.25) is 5.91 Å². The first-order valence-electron chi connectivity index (χ1n) is 9.31. The van der Waals surface area contributed by atoms with Gasteiger partial charge in [0.25, 0.3) is 0 Å². The Kier molecular flexibility index (Phi) is 6.44. The van der Waals surface area contributed by atoms with Crippen molar-refractivity contribution in [1.82, 2.24) is 20.5 Å². The van der Waals surface area contributed by atoms with Gasteiger partial charge in [-0.3, -0.25) is 4.79 Å². The zero-order valence-corrected chi connectivity index (χ0v) is 16.0. The minimum Gasteiger partial charge on any atom is -0.366 e. The first-order chi connectivity index (χ1) is 13.5. The van der Waals surface area contributed by atoms with E-state index in [2.05, 4.69) is 32.5 Å². The molecular weight excluding hydrogens is 356 g/mol. The van der Waals surface area contributed by atoms with E-state index in [1.54, 1.807) is 24.4 Å². The van der Waals surface area contributed by atoms with Gasteiger partial charge in [-0.1, -0.05) is 18.2 Å². The number of nitrogens with zero attached hydrogens (tertiary/aromatic N) is 3. The highest BCUT2D eigenvalue weighted by Crippen LogP contribution is 2.18. The van der Waals surface area contributed by atoms with Crippen molar-refractivity contribution in [2.75, 3.05) is 38.1 Å². The second-order valence-corrected chi connectivity index (χ2v) is 6.88. The molecule has 1 aromatic heterocycles. The maximum absolute atomic E-state index is 12.2. The molecule has 2 heterocycles. The third-order valence-corrected chi connectivity index (χ3v) is 4.77. The fourth-order valence-corrected chi connectivity index (χ4v) is 3.13. The van der Waals surface area contributed by atoms with Gasteiger partial charge in [0.15, 0.2) is 0 Å². The largest absolute Gasteiger partial charge is 0.366 e. The molecule has 0 unspecified atom stereocenters. The Bertz CT molecular complexity index is 833. The molecule has 0 radical (unpaired) electrons. The Morgan fingerprint density at radius 3 is 2.57 bits per heavy atom. The lowest BCUT2D eigenvalue weighted by Gasteiger charge is -2.34. The number of carbonyl (C=O) groups is 2. The number of nitrogens with two attached hydrogens (primary N) is 1. The molecule has 3 rings (SSSR count). The Balaban J connectivity index is 1.54. The van der Waals surface area contributed by atoms with Gasteiger partial charge in [-0.25, -0.2) is 9.78 Å².